The van der Waals surface area contributed by atoms with Gasteiger partial charge in [0.05, 0.1) is 11.5 Å². The van der Waals surface area contributed by atoms with Crippen molar-refractivity contribution in [1.29, 1.82) is 0 Å². The molecular formula is C25H33N3O5S. The molecule has 8 nitrogen and oxygen atoms in total. The van der Waals surface area contributed by atoms with Crippen LogP contribution in [0.25, 0.3) is 0 Å². The van der Waals surface area contributed by atoms with Crippen LogP contribution < -0.4 is 10.1 Å². The lowest BCUT2D eigenvalue weighted by molar-refractivity contribution is -0.148. The SMILES string of the molecule is CCOc1ccc(CNC(=O)[C@H]2CN(S(=O)(=O)c3ccccc3)C[C@@H](C)N2C(=O)C(C)C)cc1. The van der Waals surface area contributed by atoms with E-state index in [1.165, 1.54) is 21.3 Å². The number of carbonyl (C=O) groups is 2. The summed E-state index contributed by atoms with van der Waals surface area (Å²) in [5.41, 5.74) is 0.871. The van der Waals surface area contributed by atoms with E-state index in [4.69, 9.17) is 4.74 Å². The minimum Gasteiger partial charge on any atom is -0.494 e. The molecule has 1 fully saturated rings. The Hall–Kier alpha value is -2.91. The Labute approximate surface area is 201 Å². The van der Waals surface area contributed by atoms with Crippen molar-refractivity contribution in [1.82, 2.24) is 14.5 Å². The Balaban J connectivity index is 1.81. The molecule has 0 saturated carbocycles. The highest BCUT2D eigenvalue weighted by Crippen LogP contribution is 2.25. The van der Waals surface area contributed by atoms with Gasteiger partial charge in [-0.2, -0.15) is 4.31 Å². The summed E-state index contributed by atoms with van der Waals surface area (Å²) in [6.07, 6.45) is 0. The maximum absolute atomic E-state index is 13.3. The maximum Gasteiger partial charge on any atom is 0.244 e. The number of hydrogen-bond donors (Lipinski definition) is 1. The van der Waals surface area contributed by atoms with Crippen LogP contribution >= 0.6 is 0 Å². The summed E-state index contributed by atoms with van der Waals surface area (Å²) in [6, 6.07) is 14.1. The van der Waals surface area contributed by atoms with Crippen LogP contribution in [0.4, 0.5) is 0 Å². The van der Waals surface area contributed by atoms with Gasteiger partial charge >= 0.3 is 0 Å². The Morgan fingerprint density at radius 1 is 1.06 bits per heavy atom. The summed E-state index contributed by atoms with van der Waals surface area (Å²) in [7, 11) is -3.81. The van der Waals surface area contributed by atoms with Crippen molar-refractivity contribution >= 4 is 21.8 Å². The molecule has 0 aromatic heterocycles. The molecule has 2 atom stereocenters. The van der Waals surface area contributed by atoms with Crippen molar-refractivity contribution < 1.29 is 22.7 Å². The van der Waals surface area contributed by atoms with Crippen LogP contribution in [0.2, 0.25) is 0 Å². The molecule has 0 unspecified atom stereocenters. The molecule has 9 heteroatoms. The van der Waals surface area contributed by atoms with Gasteiger partial charge in [0.1, 0.15) is 11.8 Å². The minimum absolute atomic E-state index is 0.102. The van der Waals surface area contributed by atoms with Crippen molar-refractivity contribution in [2.75, 3.05) is 19.7 Å². The summed E-state index contributed by atoms with van der Waals surface area (Å²) in [4.78, 5) is 28.0. The lowest BCUT2D eigenvalue weighted by atomic mass is 10.0. The third kappa shape index (κ3) is 5.77. The van der Waals surface area contributed by atoms with Crippen LogP contribution in [-0.2, 0) is 26.2 Å². The van der Waals surface area contributed by atoms with Crippen molar-refractivity contribution in [3.05, 3.63) is 60.2 Å². The van der Waals surface area contributed by atoms with Crippen LogP contribution in [-0.4, -0.2) is 61.2 Å². The van der Waals surface area contributed by atoms with E-state index in [2.05, 4.69) is 5.32 Å². The van der Waals surface area contributed by atoms with Gasteiger partial charge in [-0.25, -0.2) is 8.42 Å². The second-order valence-corrected chi connectivity index (χ2v) is 10.6. The van der Waals surface area contributed by atoms with Crippen molar-refractivity contribution in [3.63, 3.8) is 0 Å². The molecule has 1 N–H and O–H groups in total. The number of benzene rings is 2. The van der Waals surface area contributed by atoms with Crippen molar-refractivity contribution in [2.45, 2.75) is 51.2 Å². The molecular weight excluding hydrogens is 454 g/mol. The number of ether oxygens (including phenoxy) is 1. The van der Waals surface area contributed by atoms with E-state index < -0.39 is 22.1 Å². The van der Waals surface area contributed by atoms with Crippen molar-refractivity contribution in [2.24, 2.45) is 5.92 Å². The van der Waals surface area contributed by atoms with Gasteiger partial charge in [0.15, 0.2) is 0 Å². The van der Waals surface area contributed by atoms with E-state index in [-0.39, 0.29) is 42.3 Å². The zero-order valence-corrected chi connectivity index (χ0v) is 20.9. The number of piperazine rings is 1. The highest BCUT2D eigenvalue weighted by atomic mass is 32.2. The van der Waals surface area contributed by atoms with E-state index in [1.54, 1.807) is 39.0 Å². The molecule has 1 aliphatic rings. The van der Waals surface area contributed by atoms with Gasteiger partial charge in [-0.15, -0.1) is 0 Å². The standard InChI is InChI=1S/C25H33N3O5S/c1-5-33-21-13-11-20(12-14-21)15-26-24(29)23-17-27(16-19(4)28(23)25(30)18(2)3)34(31,32)22-9-7-6-8-10-22/h6-14,18-19,23H,5,15-17H2,1-4H3,(H,26,29)/t19-,23-/m1/s1. The average molecular weight is 488 g/mol. The molecule has 0 spiro atoms. The first-order valence-corrected chi connectivity index (χ1v) is 13.0. The molecule has 0 bridgehead atoms. The van der Waals surface area contributed by atoms with E-state index in [1.807, 2.05) is 31.2 Å². The topological polar surface area (TPSA) is 96.0 Å². The van der Waals surface area contributed by atoms with Crippen LogP contribution in [0.3, 0.4) is 0 Å². The maximum atomic E-state index is 13.3. The predicted octanol–water partition coefficient (Wildman–Crippen LogP) is 2.65. The van der Waals surface area contributed by atoms with Crippen LogP contribution in [0.15, 0.2) is 59.5 Å². The molecule has 1 saturated heterocycles. The van der Waals surface area contributed by atoms with Gasteiger partial charge in [0, 0.05) is 31.6 Å². The average Bonchev–Trinajstić information content (AvgIpc) is 2.83. The number of hydrogen-bond acceptors (Lipinski definition) is 5. The molecule has 0 aliphatic carbocycles. The summed E-state index contributed by atoms with van der Waals surface area (Å²) < 4.78 is 33.3. The number of amides is 2. The molecule has 184 valence electrons. The largest absolute Gasteiger partial charge is 0.494 e. The predicted molar refractivity (Wildman–Crippen MR) is 130 cm³/mol. The number of rotatable bonds is 8. The molecule has 2 aromatic carbocycles. The summed E-state index contributed by atoms with van der Waals surface area (Å²) in [6.45, 7) is 8.08. The monoisotopic (exact) mass is 487 g/mol. The lowest BCUT2D eigenvalue weighted by Crippen LogP contribution is -2.65. The zero-order valence-electron chi connectivity index (χ0n) is 20.1. The van der Waals surface area contributed by atoms with Gasteiger partial charge < -0.3 is 15.0 Å². The third-order valence-corrected chi connectivity index (χ3v) is 7.63. The summed E-state index contributed by atoms with van der Waals surface area (Å²) in [5.74, 6) is -0.136. The molecule has 34 heavy (non-hydrogen) atoms. The first-order chi connectivity index (χ1) is 16.1. The Kier molecular flexibility index (Phi) is 8.33. The highest BCUT2D eigenvalue weighted by Gasteiger charge is 2.43. The lowest BCUT2D eigenvalue weighted by Gasteiger charge is -2.44. The molecule has 1 heterocycles. The normalized spacial score (nSPS) is 19.1. The molecule has 0 radical (unpaired) electrons. The van der Waals surface area contributed by atoms with E-state index in [9.17, 15) is 18.0 Å². The number of carbonyl (C=O) groups excluding carboxylic acids is 2. The van der Waals surface area contributed by atoms with Crippen LogP contribution in [0.1, 0.15) is 33.3 Å². The van der Waals surface area contributed by atoms with E-state index in [0.29, 0.717) is 6.61 Å². The smallest absolute Gasteiger partial charge is 0.244 e. The first-order valence-electron chi connectivity index (χ1n) is 11.5. The zero-order chi connectivity index (χ0) is 24.9. The fraction of sp³-hybridized carbons (Fsp3) is 0.440. The van der Waals surface area contributed by atoms with Gasteiger partial charge in [0.2, 0.25) is 21.8 Å². The second kappa shape index (κ2) is 11.0. The Bertz CT molecular complexity index is 1090. The van der Waals surface area contributed by atoms with E-state index >= 15 is 0 Å². The minimum atomic E-state index is -3.81. The molecule has 2 aromatic rings. The van der Waals surface area contributed by atoms with Crippen LogP contribution in [0, 0.1) is 5.92 Å². The number of nitrogens with one attached hydrogen (secondary N) is 1. The second-order valence-electron chi connectivity index (χ2n) is 8.69. The first kappa shape index (κ1) is 25.7. The van der Waals surface area contributed by atoms with Gasteiger partial charge in [0.25, 0.3) is 0 Å². The summed E-state index contributed by atoms with van der Waals surface area (Å²) >= 11 is 0. The molecule has 2 amide bonds. The van der Waals surface area contributed by atoms with Crippen molar-refractivity contribution in [3.8, 4) is 5.75 Å². The van der Waals surface area contributed by atoms with Gasteiger partial charge in [-0.1, -0.05) is 44.2 Å². The third-order valence-electron chi connectivity index (χ3n) is 5.79. The van der Waals surface area contributed by atoms with Gasteiger partial charge in [-0.3, -0.25) is 9.59 Å². The number of sulfonamides is 1. The Morgan fingerprint density at radius 3 is 2.29 bits per heavy atom. The van der Waals surface area contributed by atoms with Gasteiger partial charge in [-0.05, 0) is 43.7 Å². The highest BCUT2D eigenvalue weighted by molar-refractivity contribution is 7.89. The summed E-state index contributed by atoms with van der Waals surface area (Å²) in [5, 5.41) is 2.88. The fourth-order valence-electron chi connectivity index (χ4n) is 4.04. The molecule has 1 aliphatic heterocycles. The Morgan fingerprint density at radius 2 is 1.71 bits per heavy atom. The van der Waals surface area contributed by atoms with Crippen LogP contribution in [0.5, 0.6) is 5.75 Å². The van der Waals surface area contributed by atoms with E-state index in [0.717, 1.165) is 11.3 Å². The quantitative estimate of drug-likeness (QED) is 0.618. The fourth-order valence-corrected chi connectivity index (χ4v) is 5.59. The molecule has 3 rings (SSSR count). The number of nitrogens with zero attached hydrogens (tertiary/aromatic N) is 2.